The van der Waals surface area contributed by atoms with Crippen molar-refractivity contribution >= 4 is 5.97 Å². The molecule has 0 aromatic heterocycles. The molecule has 0 bridgehead atoms. The fourth-order valence-electron chi connectivity index (χ4n) is 2.98. The molecule has 0 aromatic carbocycles. The number of hydrogen-bond donors (Lipinski definition) is 0. The maximum Gasteiger partial charge on any atom is 0.330 e. The molecule has 0 N–H and O–H groups in total. The first-order valence-corrected chi connectivity index (χ1v) is 9.04. The van der Waals surface area contributed by atoms with Crippen molar-refractivity contribution in [2.45, 2.75) is 70.7 Å². The van der Waals surface area contributed by atoms with Gasteiger partial charge in [0.05, 0.1) is 6.61 Å². The summed E-state index contributed by atoms with van der Waals surface area (Å²) in [6.07, 6.45) is 11.1. The standard InChI is InChI=1S/C19H36O5/c1-6-8-9-10-11-12-14-17(19(21-3,22-4)23-5)15-13-16-24-18(20)7-2/h7,17H,2,6,8-16H2,1,3-5H3. The van der Waals surface area contributed by atoms with Crippen LogP contribution in [0.4, 0.5) is 0 Å². The summed E-state index contributed by atoms with van der Waals surface area (Å²) in [6.45, 7) is 5.98. The summed E-state index contributed by atoms with van der Waals surface area (Å²) in [5, 5.41) is 0. The number of carbonyl (C=O) groups excluding carboxylic acids is 1. The number of esters is 1. The van der Waals surface area contributed by atoms with Gasteiger partial charge in [-0.15, -0.1) is 0 Å². The van der Waals surface area contributed by atoms with Gasteiger partial charge in [0.15, 0.2) is 0 Å². The Balaban J connectivity index is 4.43. The average molecular weight is 344 g/mol. The lowest BCUT2D eigenvalue weighted by atomic mass is 9.93. The summed E-state index contributed by atoms with van der Waals surface area (Å²) in [6, 6.07) is 0. The molecular weight excluding hydrogens is 308 g/mol. The van der Waals surface area contributed by atoms with E-state index in [0.29, 0.717) is 6.61 Å². The molecule has 1 unspecified atom stereocenters. The van der Waals surface area contributed by atoms with Crippen LogP contribution in [-0.4, -0.2) is 39.9 Å². The molecule has 142 valence electrons. The van der Waals surface area contributed by atoms with Crippen molar-refractivity contribution < 1.29 is 23.7 Å². The first-order chi connectivity index (χ1) is 11.6. The second-order valence-corrected chi connectivity index (χ2v) is 5.98. The highest BCUT2D eigenvalue weighted by Crippen LogP contribution is 2.32. The molecule has 1 atom stereocenters. The monoisotopic (exact) mass is 344 g/mol. The van der Waals surface area contributed by atoms with Crippen LogP contribution in [0.15, 0.2) is 12.7 Å². The van der Waals surface area contributed by atoms with E-state index in [2.05, 4.69) is 13.5 Å². The maximum atomic E-state index is 11.1. The van der Waals surface area contributed by atoms with Gasteiger partial charge >= 0.3 is 5.97 Å². The SMILES string of the molecule is C=CC(=O)OCCCC(CCCCCCCC)C(OC)(OC)OC. The Bertz CT molecular complexity index is 317. The fourth-order valence-corrected chi connectivity index (χ4v) is 2.98. The van der Waals surface area contributed by atoms with E-state index in [1.807, 2.05) is 0 Å². The van der Waals surface area contributed by atoms with Crippen molar-refractivity contribution in [1.82, 2.24) is 0 Å². The van der Waals surface area contributed by atoms with Crippen molar-refractivity contribution in [1.29, 1.82) is 0 Å². The highest BCUT2D eigenvalue weighted by Gasteiger charge is 2.39. The van der Waals surface area contributed by atoms with E-state index in [9.17, 15) is 4.79 Å². The molecule has 0 fully saturated rings. The predicted octanol–water partition coefficient (Wildman–Crippen LogP) is 4.46. The second kappa shape index (κ2) is 14.4. The van der Waals surface area contributed by atoms with Gasteiger partial charge in [-0.3, -0.25) is 0 Å². The molecule has 5 nitrogen and oxygen atoms in total. The summed E-state index contributed by atoms with van der Waals surface area (Å²) in [5.74, 6) is -1.34. The molecule has 5 heteroatoms. The average Bonchev–Trinajstić information content (AvgIpc) is 2.62. The Morgan fingerprint density at radius 2 is 1.50 bits per heavy atom. The van der Waals surface area contributed by atoms with Crippen LogP contribution in [0.25, 0.3) is 0 Å². The highest BCUT2D eigenvalue weighted by atomic mass is 16.9. The van der Waals surface area contributed by atoms with Crippen LogP contribution in [0.3, 0.4) is 0 Å². The summed E-state index contributed by atoms with van der Waals surface area (Å²) < 4.78 is 21.6. The zero-order valence-electron chi connectivity index (χ0n) is 16.0. The Morgan fingerprint density at radius 1 is 0.958 bits per heavy atom. The number of rotatable bonds is 16. The molecule has 0 aliphatic rings. The van der Waals surface area contributed by atoms with Crippen LogP contribution in [0.2, 0.25) is 0 Å². The van der Waals surface area contributed by atoms with Crippen LogP contribution in [0.1, 0.15) is 64.7 Å². The first kappa shape index (κ1) is 23.1. The van der Waals surface area contributed by atoms with E-state index in [1.165, 1.54) is 38.2 Å². The van der Waals surface area contributed by atoms with Crippen LogP contribution in [-0.2, 0) is 23.7 Å². The Kier molecular flexibility index (Phi) is 13.9. The molecule has 0 rings (SSSR count). The molecule has 0 aliphatic carbocycles. The first-order valence-electron chi connectivity index (χ1n) is 9.04. The normalized spacial score (nSPS) is 12.8. The molecule has 0 heterocycles. The number of methoxy groups -OCH3 is 3. The maximum absolute atomic E-state index is 11.1. The van der Waals surface area contributed by atoms with E-state index < -0.39 is 5.97 Å². The minimum atomic E-state index is -1.04. The van der Waals surface area contributed by atoms with Gasteiger partial charge in [-0.05, 0) is 19.3 Å². The third kappa shape index (κ3) is 8.81. The zero-order valence-corrected chi connectivity index (χ0v) is 16.0. The van der Waals surface area contributed by atoms with Gasteiger partial charge in [0.2, 0.25) is 0 Å². The van der Waals surface area contributed by atoms with Crippen LogP contribution in [0, 0.1) is 5.92 Å². The number of carbonyl (C=O) groups is 1. The Labute approximate surface area is 147 Å². The third-order valence-corrected chi connectivity index (χ3v) is 4.37. The van der Waals surface area contributed by atoms with Crippen molar-refractivity contribution in [3.8, 4) is 0 Å². The minimum Gasteiger partial charge on any atom is -0.463 e. The van der Waals surface area contributed by atoms with E-state index in [0.717, 1.165) is 25.7 Å². The molecular formula is C19H36O5. The summed E-state index contributed by atoms with van der Waals surface area (Å²) >= 11 is 0. The van der Waals surface area contributed by atoms with Crippen molar-refractivity contribution in [2.75, 3.05) is 27.9 Å². The summed E-state index contributed by atoms with van der Waals surface area (Å²) in [5.41, 5.74) is 0. The lowest BCUT2D eigenvalue weighted by molar-refractivity contribution is -0.380. The van der Waals surface area contributed by atoms with E-state index in [4.69, 9.17) is 18.9 Å². The summed E-state index contributed by atoms with van der Waals surface area (Å²) in [7, 11) is 4.79. The lowest BCUT2D eigenvalue weighted by Crippen LogP contribution is -2.44. The predicted molar refractivity (Wildman–Crippen MR) is 95.6 cm³/mol. The van der Waals surface area contributed by atoms with E-state index in [-0.39, 0.29) is 11.9 Å². The quantitative estimate of drug-likeness (QED) is 0.179. The summed E-state index contributed by atoms with van der Waals surface area (Å²) in [4.78, 5) is 11.1. The van der Waals surface area contributed by atoms with E-state index in [1.54, 1.807) is 21.3 Å². The highest BCUT2D eigenvalue weighted by molar-refractivity contribution is 5.81. The zero-order chi connectivity index (χ0) is 18.3. The minimum absolute atomic E-state index is 0.0890. The molecule has 0 aliphatic heterocycles. The Morgan fingerprint density at radius 3 is 2.04 bits per heavy atom. The van der Waals surface area contributed by atoms with Crippen molar-refractivity contribution in [2.24, 2.45) is 5.92 Å². The molecule has 0 saturated heterocycles. The number of ether oxygens (including phenoxy) is 4. The van der Waals surface area contributed by atoms with Gasteiger partial charge in [0, 0.05) is 33.3 Å². The number of hydrogen-bond acceptors (Lipinski definition) is 5. The topological polar surface area (TPSA) is 54.0 Å². The molecule has 0 spiro atoms. The number of unbranched alkanes of at least 4 members (excludes halogenated alkanes) is 5. The largest absolute Gasteiger partial charge is 0.463 e. The fraction of sp³-hybridized carbons (Fsp3) is 0.842. The van der Waals surface area contributed by atoms with Crippen LogP contribution >= 0.6 is 0 Å². The molecule has 0 radical (unpaired) electrons. The van der Waals surface area contributed by atoms with Gasteiger partial charge in [0.1, 0.15) is 0 Å². The third-order valence-electron chi connectivity index (χ3n) is 4.37. The van der Waals surface area contributed by atoms with Crippen molar-refractivity contribution in [3.63, 3.8) is 0 Å². The van der Waals surface area contributed by atoms with Gasteiger partial charge < -0.3 is 18.9 Å². The smallest absolute Gasteiger partial charge is 0.330 e. The van der Waals surface area contributed by atoms with Gasteiger partial charge in [-0.1, -0.05) is 52.0 Å². The molecule has 24 heavy (non-hydrogen) atoms. The van der Waals surface area contributed by atoms with Gasteiger partial charge in [-0.2, -0.15) is 0 Å². The van der Waals surface area contributed by atoms with Crippen LogP contribution in [0.5, 0.6) is 0 Å². The molecule has 0 aromatic rings. The second-order valence-electron chi connectivity index (χ2n) is 5.98. The Hall–Kier alpha value is -0.910. The van der Waals surface area contributed by atoms with E-state index >= 15 is 0 Å². The van der Waals surface area contributed by atoms with Gasteiger partial charge in [0.25, 0.3) is 5.97 Å². The lowest BCUT2D eigenvalue weighted by Gasteiger charge is -2.36. The van der Waals surface area contributed by atoms with Gasteiger partial charge in [-0.25, -0.2) is 4.79 Å². The molecule has 0 saturated carbocycles. The molecule has 0 amide bonds. The van der Waals surface area contributed by atoms with Crippen molar-refractivity contribution in [3.05, 3.63) is 12.7 Å². The van der Waals surface area contributed by atoms with Crippen LogP contribution < -0.4 is 0 Å².